The third-order valence-corrected chi connectivity index (χ3v) is 2.75. The molecule has 0 aliphatic rings. The van der Waals surface area contributed by atoms with Gasteiger partial charge in [0.15, 0.2) is 0 Å². The fourth-order valence-electron chi connectivity index (χ4n) is 1.40. The molecule has 98 valence electrons. The topological polar surface area (TPSA) is 40.5 Å². The molecule has 0 aromatic heterocycles. The van der Waals surface area contributed by atoms with E-state index in [4.69, 9.17) is 9.90 Å². The summed E-state index contributed by atoms with van der Waals surface area (Å²) < 4.78 is 0. The van der Waals surface area contributed by atoms with Crippen molar-refractivity contribution in [3.63, 3.8) is 0 Å². The molecule has 0 aromatic rings. The summed E-state index contributed by atoms with van der Waals surface area (Å²) in [5.74, 6) is 0. The average Bonchev–Trinajstić information content (AvgIpc) is 2.24. The minimum absolute atomic E-state index is 0.250. The minimum atomic E-state index is -0.250. The second kappa shape index (κ2) is 14.4. The molecule has 1 N–H and O–H groups in total. The van der Waals surface area contributed by atoms with Crippen LogP contribution in [-0.4, -0.2) is 36.1 Å². The Hall–Kier alpha value is -0.570. The van der Waals surface area contributed by atoms with Crippen molar-refractivity contribution >= 4 is 6.47 Å². The van der Waals surface area contributed by atoms with Crippen LogP contribution in [0, 0.1) is 0 Å². The van der Waals surface area contributed by atoms with Crippen LogP contribution in [-0.2, 0) is 4.79 Å². The zero-order chi connectivity index (χ0) is 12.8. The van der Waals surface area contributed by atoms with Crippen LogP contribution in [0.1, 0.15) is 59.3 Å². The Balaban J connectivity index is 0. The van der Waals surface area contributed by atoms with Gasteiger partial charge in [0.2, 0.25) is 0 Å². The molecule has 0 spiro atoms. The van der Waals surface area contributed by atoms with Crippen molar-refractivity contribution < 1.29 is 9.90 Å². The predicted octanol–water partition coefficient (Wildman–Crippen LogP) is 3.39. The molecule has 16 heavy (non-hydrogen) atoms. The first-order valence-corrected chi connectivity index (χ1v) is 6.38. The standard InChI is InChI=1S/C12H27N.CH2O2/c1-5-6-7-8-9-10-11-13(4)12(2)3;2-1-3/h12H,5-11H2,1-4H3;1H,(H,2,3). The lowest BCUT2D eigenvalue weighted by Gasteiger charge is -2.20. The monoisotopic (exact) mass is 231 g/mol. The first-order valence-electron chi connectivity index (χ1n) is 6.38. The lowest BCUT2D eigenvalue weighted by Crippen LogP contribution is -2.27. The molecule has 0 saturated heterocycles. The molecule has 0 unspecified atom stereocenters. The SMILES string of the molecule is CCCCCCCCN(C)C(C)C.O=CO. The summed E-state index contributed by atoms with van der Waals surface area (Å²) in [6.45, 7) is 7.81. The van der Waals surface area contributed by atoms with E-state index in [9.17, 15) is 0 Å². The summed E-state index contributed by atoms with van der Waals surface area (Å²) in [6.07, 6.45) is 8.42. The van der Waals surface area contributed by atoms with Crippen molar-refractivity contribution in [1.82, 2.24) is 4.90 Å². The number of hydrogen-bond acceptors (Lipinski definition) is 2. The first-order chi connectivity index (χ1) is 7.59. The number of carboxylic acid groups (broad SMARTS) is 1. The fraction of sp³-hybridized carbons (Fsp3) is 0.923. The highest BCUT2D eigenvalue weighted by molar-refractivity contribution is 5.32. The number of carbonyl (C=O) groups is 1. The highest BCUT2D eigenvalue weighted by Gasteiger charge is 2.01. The van der Waals surface area contributed by atoms with Crippen molar-refractivity contribution in [3.05, 3.63) is 0 Å². The molecule has 0 aliphatic heterocycles. The molecule has 3 nitrogen and oxygen atoms in total. The Morgan fingerprint density at radius 1 is 1.12 bits per heavy atom. The van der Waals surface area contributed by atoms with Crippen LogP contribution in [0.15, 0.2) is 0 Å². The van der Waals surface area contributed by atoms with Crippen molar-refractivity contribution in [2.45, 2.75) is 65.3 Å². The van der Waals surface area contributed by atoms with Crippen LogP contribution in [0.25, 0.3) is 0 Å². The molecule has 3 heteroatoms. The van der Waals surface area contributed by atoms with Gasteiger partial charge < -0.3 is 10.0 Å². The molecule has 0 saturated carbocycles. The zero-order valence-electron chi connectivity index (χ0n) is 11.4. The summed E-state index contributed by atoms with van der Waals surface area (Å²) in [4.78, 5) is 10.8. The van der Waals surface area contributed by atoms with Gasteiger partial charge in [-0.1, -0.05) is 39.0 Å². The zero-order valence-corrected chi connectivity index (χ0v) is 11.4. The van der Waals surface area contributed by atoms with Crippen molar-refractivity contribution in [2.24, 2.45) is 0 Å². The molecule has 0 amide bonds. The van der Waals surface area contributed by atoms with Crippen LogP contribution >= 0.6 is 0 Å². The van der Waals surface area contributed by atoms with Gasteiger partial charge in [-0.05, 0) is 33.9 Å². The van der Waals surface area contributed by atoms with Crippen LogP contribution in [0.5, 0.6) is 0 Å². The number of rotatable bonds is 8. The van der Waals surface area contributed by atoms with E-state index in [1.165, 1.54) is 45.1 Å². The van der Waals surface area contributed by atoms with E-state index >= 15 is 0 Å². The molecular formula is C13H29NO2. The number of hydrogen-bond donors (Lipinski definition) is 1. The van der Waals surface area contributed by atoms with Crippen LogP contribution in [0.4, 0.5) is 0 Å². The molecule has 0 aliphatic carbocycles. The van der Waals surface area contributed by atoms with E-state index in [1.54, 1.807) is 0 Å². The third kappa shape index (κ3) is 15.9. The Morgan fingerprint density at radius 3 is 2.00 bits per heavy atom. The van der Waals surface area contributed by atoms with E-state index in [-0.39, 0.29) is 6.47 Å². The molecule has 0 radical (unpaired) electrons. The maximum absolute atomic E-state index is 8.36. The lowest BCUT2D eigenvalue weighted by atomic mass is 10.1. The summed E-state index contributed by atoms with van der Waals surface area (Å²) in [7, 11) is 2.22. The number of unbranched alkanes of at least 4 members (excludes halogenated alkanes) is 5. The smallest absolute Gasteiger partial charge is 0.290 e. The van der Waals surface area contributed by atoms with E-state index in [1.807, 2.05) is 0 Å². The van der Waals surface area contributed by atoms with E-state index in [0.29, 0.717) is 6.04 Å². The average molecular weight is 231 g/mol. The van der Waals surface area contributed by atoms with Crippen LogP contribution < -0.4 is 0 Å². The Labute approximate surface area is 101 Å². The molecular weight excluding hydrogens is 202 g/mol. The van der Waals surface area contributed by atoms with Gasteiger partial charge >= 0.3 is 0 Å². The van der Waals surface area contributed by atoms with Gasteiger partial charge in [-0.15, -0.1) is 0 Å². The second-order valence-corrected chi connectivity index (χ2v) is 4.45. The van der Waals surface area contributed by atoms with Crippen molar-refractivity contribution in [3.8, 4) is 0 Å². The quantitative estimate of drug-likeness (QED) is 0.514. The maximum atomic E-state index is 8.36. The van der Waals surface area contributed by atoms with E-state index < -0.39 is 0 Å². The number of nitrogens with zero attached hydrogens (tertiary/aromatic N) is 1. The van der Waals surface area contributed by atoms with Crippen LogP contribution in [0.3, 0.4) is 0 Å². The fourth-order valence-corrected chi connectivity index (χ4v) is 1.40. The van der Waals surface area contributed by atoms with Crippen molar-refractivity contribution in [2.75, 3.05) is 13.6 Å². The summed E-state index contributed by atoms with van der Waals surface area (Å²) in [6, 6.07) is 0.704. The van der Waals surface area contributed by atoms with Gasteiger partial charge in [0.25, 0.3) is 6.47 Å². The second-order valence-electron chi connectivity index (χ2n) is 4.45. The Kier molecular flexibility index (Phi) is 16.1. The van der Waals surface area contributed by atoms with Gasteiger partial charge in [0, 0.05) is 6.04 Å². The van der Waals surface area contributed by atoms with Gasteiger partial charge in [-0.25, -0.2) is 0 Å². The Bertz CT molecular complexity index is 138. The maximum Gasteiger partial charge on any atom is 0.290 e. The lowest BCUT2D eigenvalue weighted by molar-refractivity contribution is -0.122. The van der Waals surface area contributed by atoms with E-state index in [0.717, 1.165) is 0 Å². The first kappa shape index (κ1) is 17.8. The predicted molar refractivity (Wildman–Crippen MR) is 69.8 cm³/mol. The molecule has 0 rings (SSSR count). The largest absolute Gasteiger partial charge is 0.483 e. The summed E-state index contributed by atoms with van der Waals surface area (Å²) in [5.41, 5.74) is 0. The third-order valence-electron chi connectivity index (χ3n) is 2.75. The van der Waals surface area contributed by atoms with Gasteiger partial charge in [-0.3, -0.25) is 4.79 Å². The molecule has 0 bridgehead atoms. The Morgan fingerprint density at radius 2 is 1.56 bits per heavy atom. The van der Waals surface area contributed by atoms with Gasteiger partial charge in [0.05, 0.1) is 0 Å². The minimum Gasteiger partial charge on any atom is -0.483 e. The van der Waals surface area contributed by atoms with Crippen molar-refractivity contribution in [1.29, 1.82) is 0 Å². The summed E-state index contributed by atoms with van der Waals surface area (Å²) in [5, 5.41) is 6.89. The van der Waals surface area contributed by atoms with Gasteiger partial charge in [0.1, 0.15) is 0 Å². The molecule has 0 atom stereocenters. The van der Waals surface area contributed by atoms with Gasteiger partial charge in [-0.2, -0.15) is 0 Å². The molecule has 0 heterocycles. The highest BCUT2D eigenvalue weighted by atomic mass is 16.3. The van der Waals surface area contributed by atoms with E-state index in [2.05, 4.69) is 32.7 Å². The van der Waals surface area contributed by atoms with Crippen LogP contribution in [0.2, 0.25) is 0 Å². The normalized spacial score (nSPS) is 10.1. The summed E-state index contributed by atoms with van der Waals surface area (Å²) >= 11 is 0. The molecule has 0 fully saturated rings. The highest BCUT2D eigenvalue weighted by Crippen LogP contribution is 2.06. The molecule has 0 aromatic carbocycles.